The van der Waals surface area contributed by atoms with E-state index in [-0.39, 0.29) is 0 Å². The second-order valence-corrected chi connectivity index (χ2v) is 7.88. The largest absolute Gasteiger partial charge is 0.264 e. The first-order chi connectivity index (χ1) is 12.9. The van der Waals surface area contributed by atoms with Crippen molar-refractivity contribution in [1.82, 2.24) is 15.0 Å². The molecule has 0 fully saturated rings. The summed E-state index contributed by atoms with van der Waals surface area (Å²) < 4.78 is 2.36. The van der Waals surface area contributed by atoms with Crippen molar-refractivity contribution in [2.24, 2.45) is 0 Å². The summed E-state index contributed by atoms with van der Waals surface area (Å²) in [4.78, 5) is 13.9. The molecule has 0 spiro atoms. The van der Waals surface area contributed by atoms with Crippen molar-refractivity contribution in [1.29, 1.82) is 0 Å². The van der Waals surface area contributed by atoms with E-state index in [0.29, 0.717) is 0 Å². The maximum atomic E-state index is 4.85. The van der Waals surface area contributed by atoms with Crippen LogP contribution in [0.4, 0.5) is 0 Å². The summed E-state index contributed by atoms with van der Waals surface area (Å²) in [6.45, 7) is 0. The Labute approximate surface area is 158 Å². The molecule has 3 nitrogen and oxygen atoms in total. The van der Waals surface area contributed by atoms with E-state index in [0.717, 1.165) is 32.2 Å². The van der Waals surface area contributed by atoms with Crippen molar-refractivity contribution < 1.29 is 0 Å². The summed E-state index contributed by atoms with van der Waals surface area (Å²) in [5, 5.41) is 1.96. The SMILES string of the molecule is C(=C(c1nc2ccccc2s1)c1nc2ccccc2s1)c1cccnc1. The Hall–Kier alpha value is -2.89. The number of para-hydroxylation sites is 2. The van der Waals surface area contributed by atoms with Gasteiger partial charge in [0.15, 0.2) is 0 Å². The van der Waals surface area contributed by atoms with Crippen molar-refractivity contribution in [2.75, 3.05) is 0 Å². The van der Waals surface area contributed by atoms with Gasteiger partial charge in [0.2, 0.25) is 0 Å². The molecule has 0 bridgehead atoms. The second kappa shape index (κ2) is 6.44. The number of nitrogens with zero attached hydrogens (tertiary/aromatic N) is 3. The zero-order valence-electron chi connectivity index (χ0n) is 13.7. The smallest absolute Gasteiger partial charge is 0.127 e. The minimum atomic E-state index is 0.981. The van der Waals surface area contributed by atoms with Crippen LogP contribution >= 0.6 is 22.7 Å². The van der Waals surface area contributed by atoms with Crippen LogP contribution in [0.15, 0.2) is 73.1 Å². The standard InChI is InChI=1S/C21H13N3S2/c1-3-9-18-16(7-1)23-20(25-18)15(12-14-6-5-11-22-13-14)21-24-17-8-2-4-10-19(17)26-21/h1-13H. The maximum absolute atomic E-state index is 4.85. The van der Waals surface area contributed by atoms with Crippen LogP contribution in [0.2, 0.25) is 0 Å². The number of thiazole rings is 2. The first-order valence-corrected chi connectivity index (χ1v) is 9.84. The van der Waals surface area contributed by atoms with Gasteiger partial charge >= 0.3 is 0 Å². The van der Waals surface area contributed by atoms with E-state index < -0.39 is 0 Å². The molecule has 0 aliphatic carbocycles. The van der Waals surface area contributed by atoms with E-state index in [9.17, 15) is 0 Å². The lowest BCUT2D eigenvalue weighted by Gasteiger charge is -2.00. The highest BCUT2D eigenvalue weighted by Crippen LogP contribution is 2.36. The summed E-state index contributed by atoms with van der Waals surface area (Å²) in [6, 6.07) is 20.5. The predicted octanol–water partition coefficient (Wildman–Crippen LogP) is 5.89. The third kappa shape index (κ3) is 2.81. The Morgan fingerprint density at radius 2 is 1.35 bits per heavy atom. The van der Waals surface area contributed by atoms with Gasteiger partial charge in [-0.3, -0.25) is 4.98 Å². The summed E-state index contributed by atoms with van der Waals surface area (Å²) in [5.74, 6) is 0. The van der Waals surface area contributed by atoms with E-state index in [4.69, 9.17) is 9.97 Å². The van der Waals surface area contributed by atoms with E-state index in [1.165, 1.54) is 9.40 Å². The highest BCUT2D eigenvalue weighted by molar-refractivity contribution is 7.22. The summed E-state index contributed by atoms with van der Waals surface area (Å²) in [7, 11) is 0. The highest BCUT2D eigenvalue weighted by atomic mass is 32.1. The molecule has 5 aromatic rings. The molecule has 0 N–H and O–H groups in total. The van der Waals surface area contributed by atoms with Gasteiger partial charge < -0.3 is 0 Å². The van der Waals surface area contributed by atoms with Gasteiger partial charge in [-0.05, 0) is 42.0 Å². The van der Waals surface area contributed by atoms with Crippen molar-refractivity contribution in [3.8, 4) is 0 Å². The molecule has 5 rings (SSSR count). The molecule has 0 aliphatic rings. The molecule has 2 aromatic carbocycles. The summed E-state index contributed by atoms with van der Waals surface area (Å²) in [5.41, 5.74) is 4.12. The molecular formula is C21H13N3S2. The van der Waals surface area contributed by atoms with Crippen LogP contribution in [0.25, 0.3) is 32.1 Å². The van der Waals surface area contributed by atoms with Crippen molar-refractivity contribution in [2.45, 2.75) is 0 Å². The summed E-state index contributed by atoms with van der Waals surface area (Å²) in [6.07, 6.45) is 5.77. The fourth-order valence-corrected chi connectivity index (χ4v) is 4.85. The first-order valence-electron chi connectivity index (χ1n) is 8.20. The minimum Gasteiger partial charge on any atom is -0.264 e. The van der Waals surface area contributed by atoms with Crippen LogP contribution in [-0.4, -0.2) is 15.0 Å². The number of hydrogen-bond acceptors (Lipinski definition) is 5. The molecule has 5 heteroatoms. The molecule has 124 valence electrons. The topological polar surface area (TPSA) is 38.7 Å². The molecule has 0 amide bonds. The van der Waals surface area contributed by atoms with Crippen LogP contribution in [0.5, 0.6) is 0 Å². The number of aromatic nitrogens is 3. The van der Waals surface area contributed by atoms with Gasteiger partial charge in [0.25, 0.3) is 0 Å². The van der Waals surface area contributed by atoms with Gasteiger partial charge in [0.1, 0.15) is 10.0 Å². The van der Waals surface area contributed by atoms with Crippen LogP contribution in [0, 0.1) is 0 Å². The Morgan fingerprint density at radius 3 is 1.88 bits per heavy atom. The molecule has 0 saturated carbocycles. The molecule has 0 radical (unpaired) electrons. The molecule has 0 aliphatic heterocycles. The average Bonchev–Trinajstić information content (AvgIpc) is 3.30. The lowest BCUT2D eigenvalue weighted by molar-refractivity contribution is 1.32. The van der Waals surface area contributed by atoms with E-state index in [1.807, 2.05) is 42.6 Å². The lowest BCUT2D eigenvalue weighted by atomic mass is 10.2. The lowest BCUT2D eigenvalue weighted by Crippen LogP contribution is -1.87. The molecule has 0 saturated heterocycles. The van der Waals surface area contributed by atoms with Gasteiger partial charge in [0.05, 0.1) is 20.4 Å². The molecule has 26 heavy (non-hydrogen) atoms. The quantitative estimate of drug-likeness (QED) is 0.397. The molecule has 0 atom stereocenters. The number of pyridine rings is 1. The minimum absolute atomic E-state index is 0.981. The Balaban J connectivity index is 1.73. The van der Waals surface area contributed by atoms with Crippen LogP contribution in [-0.2, 0) is 0 Å². The van der Waals surface area contributed by atoms with Crippen molar-refractivity contribution in [3.63, 3.8) is 0 Å². The molecule has 3 aromatic heterocycles. The normalized spacial score (nSPS) is 11.1. The van der Waals surface area contributed by atoms with Crippen LogP contribution in [0.1, 0.15) is 15.6 Å². The van der Waals surface area contributed by atoms with E-state index >= 15 is 0 Å². The number of fused-ring (bicyclic) bond motifs is 2. The van der Waals surface area contributed by atoms with Crippen molar-refractivity contribution in [3.05, 3.63) is 88.6 Å². The predicted molar refractivity (Wildman–Crippen MR) is 110 cm³/mol. The fraction of sp³-hybridized carbons (Fsp3) is 0. The van der Waals surface area contributed by atoms with Crippen molar-refractivity contribution >= 4 is 54.8 Å². The second-order valence-electron chi connectivity index (χ2n) is 5.82. The zero-order chi connectivity index (χ0) is 17.3. The Kier molecular flexibility index (Phi) is 3.81. The van der Waals surface area contributed by atoms with Crippen LogP contribution < -0.4 is 0 Å². The third-order valence-electron chi connectivity index (χ3n) is 4.04. The monoisotopic (exact) mass is 371 g/mol. The average molecular weight is 371 g/mol. The van der Waals surface area contributed by atoms with Gasteiger partial charge in [-0.25, -0.2) is 9.97 Å². The van der Waals surface area contributed by atoms with Gasteiger partial charge in [-0.15, -0.1) is 22.7 Å². The number of benzene rings is 2. The molecule has 3 heterocycles. The van der Waals surface area contributed by atoms with Gasteiger partial charge in [-0.2, -0.15) is 0 Å². The van der Waals surface area contributed by atoms with Gasteiger partial charge in [-0.1, -0.05) is 30.3 Å². The maximum Gasteiger partial charge on any atom is 0.127 e. The Morgan fingerprint density at radius 1 is 0.731 bits per heavy atom. The molecular weight excluding hydrogens is 358 g/mol. The van der Waals surface area contributed by atoms with Gasteiger partial charge in [0, 0.05) is 18.0 Å². The van der Waals surface area contributed by atoms with E-state index in [1.54, 1.807) is 28.9 Å². The fourth-order valence-electron chi connectivity index (χ4n) is 2.82. The highest BCUT2D eigenvalue weighted by Gasteiger charge is 2.15. The first kappa shape index (κ1) is 15.4. The number of hydrogen-bond donors (Lipinski definition) is 0. The Bertz CT molecular complexity index is 1090. The van der Waals surface area contributed by atoms with Crippen LogP contribution in [0.3, 0.4) is 0 Å². The summed E-state index contributed by atoms with van der Waals surface area (Å²) >= 11 is 3.39. The number of rotatable bonds is 3. The third-order valence-corrected chi connectivity index (χ3v) is 6.18. The van der Waals surface area contributed by atoms with E-state index in [2.05, 4.69) is 35.3 Å². The zero-order valence-corrected chi connectivity index (χ0v) is 15.3. The molecule has 0 unspecified atom stereocenters.